The summed E-state index contributed by atoms with van der Waals surface area (Å²) in [4.78, 5) is 0. The van der Waals surface area contributed by atoms with Gasteiger partial charge in [0, 0.05) is 27.2 Å². The minimum Gasteiger partial charge on any atom is -0.367 e. The molecule has 3 nitrogen and oxygen atoms in total. The highest BCUT2D eigenvalue weighted by atomic mass is 15.1. The fourth-order valence-corrected chi connectivity index (χ4v) is 7.54. The first kappa shape index (κ1) is 29.0. The van der Waals surface area contributed by atoms with Crippen molar-refractivity contribution in [2.75, 3.05) is 0 Å². The molecule has 3 N–H and O–H groups in total. The van der Waals surface area contributed by atoms with Crippen molar-refractivity contribution in [3.8, 4) is 11.1 Å². The van der Waals surface area contributed by atoms with E-state index in [1.165, 1.54) is 65.3 Å². The quantitative estimate of drug-likeness (QED) is 0.172. The third kappa shape index (κ3) is 5.04. The number of benzene rings is 8. The average Bonchev–Trinajstić information content (AvgIpc) is 3.51. The van der Waals surface area contributed by atoms with E-state index in [0.29, 0.717) is 6.67 Å². The van der Waals surface area contributed by atoms with Crippen molar-refractivity contribution in [2.24, 2.45) is 5.73 Å². The Morgan fingerprint density at radius 1 is 0.531 bits per heavy atom. The van der Waals surface area contributed by atoms with Gasteiger partial charge >= 0.3 is 0 Å². The fraction of sp³-hybridized carbons (Fsp3) is 0.0435. The lowest BCUT2D eigenvalue weighted by atomic mass is 9.93. The second-order valence-corrected chi connectivity index (χ2v) is 12.7. The van der Waals surface area contributed by atoms with Gasteiger partial charge < -0.3 is 15.6 Å². The predicted octanol–water partition coefficient (Wildman–Crippen LogP) is 11.2. The molecule has 0 spiro atoms. The van der Waals surface area contributed by atoms with Crippen molar-refractivity contribution in [3.05, 3.63) is 187 Å². The summed E-state index contributed by atoms with van der Waals surface area (Å²) in [6.07, 6.45) is 2.15. The molecule has 1 unspecified atom stereocenters. The molecule has 0 aliphatic carbocycles. The fourth-order valence-electron chi connectivity index (χ4n) is 7.54. The van der Waals surface area contributed by atoms with Crippen LogP contribution in [0.1, 0.15) is 17.2 Å². The molecule has 234 valence electrons. The molecular formula is C46H35N3. The van der Waals surface area contributed by atoms with E-state index in [1.54, 1.807) is 0 Å². The molecule has 3 heteroatoms. The zero-order valence-corrected chi connectivity index (χ0v) is 27.1. The van der Waals surface area contributed by atoms with Crippen LogP contribution in [-0.2, 0) is 6.67 Å². The van der Waals surface area contributed by atoms with Crippen LogP contribution < -0.4 is 11.1 Å². The highest BCUT2D eigenvalue weighted by molar-refractivity contribution is 6.36. The summed E-state index contributed by atoms with van der Waals surface area (Å²) in [6.45, 7) is 0.568. The molecule has 0 radical (unpaired) electrons. The monoisotopic (exact) mass is 629 g/mol. The molecule has 49 heavy (non-hydrogen) atoms. The van der Waals surface area contributed by atoms with Gasteiger partial charge in [0.1, 0.15) is 0 Å². The first-order valence-corrected chi connectivity index (χ1v) is 16.9. The molecule has 1 heterocycles. The first-order valence-electron chi connectivity index (χ1n) is 16.9. The Kier molecular flexibility index (Phi) is 7.18. The third-order valence-corrected chi connectivity index (χ3v) is 9.88. The summed E-state index contributed by atoms with van der Waals surface area (Å²) in [7, 11) is 0. The maximum Gasteiger partial charge on any atom is 0.0926 e. The van der Waals surface area contributed by atoms with Crippen molar-refractivity contribution < 1.29 is 0 Å². The van der Waals surface area contributed by atoms with Gasteiger partial charge in [0.15, 0.2) is 0 Å². The molecule has 9 rings (SSSR count). The number of nitrogens with two attached hydrogens (primary N) is 1. The Morgan fingerprint density at radius 3 is 1.92 bits per heavy atom. The molecular weight excluding hydrogens is 595 g/mol. The van der Waals surface area contributed by atoms with E-state index in [9.17, 15) is 0 Å². The molecule has 0 aliphatic rings. The molecule has 0 aliphatic heterocycles. The number of nitrogens with zero attached hydrogens (tertiary/aromatic N) is 1. The molecule has 0 fully saturated rings. The number of rotatable bonds is 7. The van der Waals surface area contributed by atoms with Crippen LogP contribution >= 0.6 is 0 Å². The SMILES string of the molecule is NC(/C=C(\NCn1c2ccccc2c2c3c4ccccc4ccc3c3ccccc3c21)c1ccc(-c2ccccc2)cc1)c1ccccc1. The maximum absolute atomic E-state index is 6.85. The Bertz CT molecular complexity index is 2650. The number of hydrogen-bond donors (Lipinski definition) is 2. The highest BCUT2D eigenvalue weighted by Crippen LogP contribution is 2.43. The Morgan fingerprint density at radius 2 is 1.14 bits per heavy atom. The van der Waals surface area contributed by atoms with Gasteiger partial charge in [-0.25, -0.2) is 0 Å². The van der Waals surface area contributed by atoms with Crippen LogP contribution in [0.15, 0.2) is 176 Å². The number of para-hydroxylation sites is 1. The van der Waals surface area contributed by atoms with E-state index in [-0.39, 0.29) is 6.04 Å². The number of fused-ring (bicyclic) bond motifs is 10. The van der Waals surface area contributed by atoms with E-state index in [1.807, 2.05) is 18.2 Å². The minimum atomic E-state index is -0.271. The van der Waals surface area contributed by atoms with E-state index >= 15 is 0 Å². The van der Waals surface area contributed by atoms with Crippen molar-refractivity contribution in [2.45, 2.75) is 12.7 Å². The second kappa shape index (κ2) is 12.1. The van der Waals surface area contributed by atoms with Gasteiger partial charge in [0.2, 0.25) is 0 Å². The van der Waals surface area contributed by atoms with Crippen molar-refractivity contribution in [1.29, 1.82) is 0 Å². The number of aromatic nitrogens is 1. The van der Waals surface area contributed by atoms with Gasteiger partial charge in [-0.15, -0.1) is 0 Å². The van der Waals surface area contributed by atoms with Gasteiger partial charge in [-0.3, -0.25) is 0 Å². The normalized spacial score (nSPS) is 12.7. The van der Waals surface area contributed by atoms with Crippen LogP contribution in [0, 0.1) is 0 Å². The Labute approximate surface area is 285 Å². The van der Waals surface area contributed by atoms with E-state index in [2.05, 4.69) is 168 Å². The summed E-state index contributed by atoms with van der Waals surface area (Å²) in [5.41, 5.74) is 14.8. The lowest BCUT2D eigenvalue weighted by molar-refractivity contribution is 0.694. The van der Waals surface area contributed by atoms with Crippen LogP contribution in [0.2, 0.25) is 0 Å². The van der Waals surface area contributed by atoms with E-state index < -0.39 is 0 Å². The molecule has 0 bridgehead atoms. The second-order valence-electron chi connectivity index (χ2n) is 12.7. The zero-order valence-electron chi connectivity index (χ0n) is 27.1. The molecule has 0 saturated carbocycles. The van der Waals surface area contributed by atoms with Crippen molar-refractivity contribution in [1.82, 2.24) is 9.88 Å². The van der Waals surface area contributed by atoms with Gasteiger partial charge in [0.25, 0.3) is 0 Å². The van der Waals surface area contributed by atoms with Gasteiger partial charge in [-0.05, 0) is 55.9 Å². The van der Waals surface area contributed by atoms with Crippen LogP contribution in [0.3, 0.4) is 0 Å². The summed E-state index contributed by atoms with van der Waals surface area (Å²) in [5, 5.41) is 14.1. The van der Waals surface area contributed by atoms with Crippen molar-refractivity contribution >= 4 is 59.8 Å². The number of hydrogen-bond acceptors (Lipinski definition) is 2. The highest BCUT2D eigenvalue weighted by Gasteiger charge is 2.19. The largest absolute Gasteiger partial charge is 0.367 e. The van der Waals surface area contributed by atoms with Crippen LogP contribution in [0.5, 0.6) is 0 Å². The molecule has 1 aromatic heterocycles. The van der Waals surface area contributed by atoms with Crippen molar-refractivity contribution in [3.63, 3.8) is 0 Å². The Hall–Kier alpha value is -6.16. The van der Waals surface area contributed by atoms with E-state index in [4.69, 9.17) is 5.73 Å². The topological polar surface area (TPSA) is 43.0 Å². The number of nitrogens with one attached hydrogen (secondary N) is 1. The summed E-state index contributed by atoms with van der Waals surface area (Å²) in [6, 6.07) is 60.3. The van der Waals surface area contributed by atoms with E-state index in [0.717, 1.165) is 16.8 Å². The smallest absolute Gasteiger partial charge is 0.0926 e. The standard InChI is InChI=1S/C46H35N3/c47-41(34-16-5-2-6-17-34)29-42(35-25-23-32(24-26-35)31-13-3-1-4-14-31)48-30-49-43-22-12-11-21-40(43)45-44-36-18-8-7-15-33(36)27-28-38(44)37-19-9-10-20-39(37)46(45)49/h1-29,41,48H,30,47H2/b42-29-. The van der Waals surface area contributed by atoms with Gasteiger partial charge in [-0.2, -0.15) is 0 Å². The molecule has 1 atom stereocenters. The lowest BCUT2D eigenvalue weighted by Crippen LogP contribution is -2.19. The Balaban J connectivity index is 1.23. The molecule has 0 amide bonds. The van der Waals surface area contributed by atoms with Gasteiger partial charge in [0.05, 0.1) is 23.7 Å². The summed E-state index contributed by atoms with van der Waals surface area (Å²) < 4.78 is 2.45. The average molecular weight is 630 g/mol. The lowest BCUT2D eigenvalue weighted by Gasteiger charge is -2.18. The first-order chi connectivity index (χ1) is 24.2. The summed E-state index contributed by atoms with van der Waals surface area (Å²) in [5.74, 6) is 0. The maximum atomic E-state index is 6.85. The molecule has 0 saturated heterocycles. The molecule has 9 aromatic rings. The van der Waals surface area contributed by atoms with Gasteiger partial charge in [-0.1, -0.05) is 164 Å². The third-order valence-electron chi connectivity index (χ3n) is 9.88. The van der Waals surface area contributed by atoms with Crippen LogP contribution in [0.25, 0.3) is 70.9 Å². The molecule has 8 aromatic carbocycles. The minimum absolute atomic E-state index is 0.271. The van der Waals surface area contributed by atoms with Crippen LogP contribution in [-0.4, -0.2) is 4.57 Å². The predicted molar refractivity (Wildman–Crippen MR) is 208 cm³/mol. The summed E-state index contributed by atoms with van der Waals surface area (Å²) >= 11 is 0. The van der Waals surface area contributed by atoms with Crippen LogP contribution in [0.4, 0.5) is 0 Å². The zero-order chi connectivity index (χ0) is 32.7.